The van der Waals surface area contributed by atoms with E-state index in [4.69, 9.17) is 10.7 Å². The van der Waals surface area contributed by atoms with Crippen LogP contribution in [0.5, 0.6) is 0 Å². The van der Waals surface area contributed by atoms with E-state index in [1.54, 1.807) is 0 Å². The molecule has 0 aromatic carbocycles. The Kier molecular flexibility index (Phi) is 4.02. The lowest BCUT2D eigenvalue weighted by atomic mass is 10.2. The van der Waals surface area contributed by atoms with E-state index >= 15 is 0 Å². The quantitative estimate of drug-likeness (QED) is 0.635. The Labute approximate surface area is 98.0 Å². The summed E-state index contributed by atoms with van der Waals surface area (Å²) in [5, 5.41) is -0.313. The van der Waals surface area contributed by atoms with Crippen LogP contribution < -0.4 is 0 Å². The number of rotatable bonds is 3. The average molecular weight is 321 g/mol. The van der Waals surface area contributed by atoms with Gasteiger partial charge in [-0.1, -0.05) is 15.9 Å². The van der Waals surface area contributed by atoms with E-state index in [9.17, 15) is 17.2 Å². The van der Waals surface area contributed by atoms with Crippen molar-refractivity contribution in [3.63, 3.8) is 0 Å². The van der Waals surface area contributed by atoms with Gasteiger partial charge in [-0.25, -0.2) is 22.2 Å². The topological polar surface area (TPSA) is 47.0 Å². The highest BCUT2D eigenvalue weighted by Crippen LogP contribution is 2.25. The number of halogens is 4. The van der Waals surface area contributed by atoms with Crippen LogP contribution in [0.1, 0.15) is 17.6 Å². The van der Waals surface area contributed by atoms with Gasteiger partial charge in [0.15, 0.2) is 5.03 Å². The van der Waals surface area contributed by atoms with Crippen LogP contribution in [0.2, 0.25) is 0 Å². The fourth-order valence-electron chi connectivity index (χ4n) is 0.951. The fraction of sp³-hybridized carbons (Fsp3) is 0.286. The molecule has 0 fully saturated rings. The van der Waals surface area contributed by atoms with Crippen LogP contribution in [0.4, 0.5) is 8.78 Å². The molecule has 8 heteroatoms. The van der Waals surface area contributed by atoms with Crippen LogP contribution in [0.25, 0.3) is 0 Å². The zero-order chi connectivity index (χ0) is 11.6. The molecule has 84 valence electrons. The summed E-state index contributed by atoms with van der Waals surface area (Å²) < 4.78 is 46.5. The summed E-state index contributed by atoms with van der Waals surface area (Å²) >= 11 is 2.98. The normalized spacial score (nSPS) is 12.1. The van der Waals surface area contributed by atoms with Crippen molar-refractivity contribution >= 4 is 35.7 Å². The predicted octanol–water partition coefficient (Wildman–Crippen LogP) is 2.84. The second-order valence-electron chi connectivity index (χ2n) is 2.61. The number of hydrogen-bond donors (Lipinski definition) is 0. The van der Waals surface area contributed by atoms with Crippen LogP contribution in [-0.2, 0) is 14.4 Å². The summed E-state index contributed by atoms with van der Waals surface area (Å²) in [6.07, 6.45) is -1.89. The molecule has 0 unspecified atom stereocenters. The zero-order valence-corrected chi connectivity index (χ0v) is 10.3. The molecule has 0 amide bonds. The van der Waals surface area contributed by atoms with Crippen LogP contribution in [-0.4, -0.2) is 13.4 Å². The second-order valence-corrected chi connectivity index (χ2v) is 5.65. The Morgan fingerprint density at radius 2 is 2.13 bits per heavy atom. The molecule has 0 aliphatic rings. The van der Waals surface area contributed by atoms with Crippen molar-refractivity contribution in [3.05, 3.63) is 23.4 Å². The molecule has 0 aliphatic carbocycles. The van der Waals surface area contributed by atoms with Gasteiger partial charge in [-0.2, -0.15) is 0 Å². The maximum Gasteiger partial charge on any atom is 0.278 e. The molecule has 1 aromatic rings. The zero-order valence-electron chi connectivity index (χ0n) is 7.12. The summed E-state index contributed by atoms with van der Waals surface area (Å²) in [7, 11) is 1.07. The van der Waals surface area contributed by atoms with Crippen molar-refractivity contribution in [2.45, 2.75) is 16.8 Å². The highest BCUT2D eigenvalue weighted by Gasteiger charge is 2.19. The van der Waals surface area contributed by atoms with Gasteiger partial charge in [-0.15, -0.1) is 0 Å². The third kappa shape index (κ3) is 3.09. The molecule has 1 heterocycles. The number of hydrogen-bond acceptors (Lipinski definition) is 3. The highest BCUT2D eigenvalue weighted by molar-refractivity contribution is 9.08. The first-order chi connectivity index (χ1) is 6.86. The Hall–Kier alpha value is -0.270. The molecule has 0 saturated carbocycles. The largest absolute Gasteiger partial charge is 0.278 e. The summed E-state index contributed by atoms with van der Waals surface area (Å²) in [6, 6.07) is 1.06. The summed E-state index contributed by atoms with van der Waals surface area (Å²) in [4.78, 5) is 3.41. The van der Waals surface area contributed by atoms with E-state index in [1.165, 1.54) is 0 Å². The summed E-state index contributed by atoms with van der Waals surface area (Å²) in [5.74, 6) is 0. The third-order valence-electron chi connectivity index (χ3n) is 1.57. The van der Waals surface area contributed by atoms with Crippen LogP contribution in [0.15, 0.2) is 17.3 Å². The smallest absolute Gasteiger partial charge is 0.243 e. The minimum Gasteiger partial charge on any atom is -0.243 e. The van der Waals surface area contributed by atoms with Crippen molar-refractivity contribution < 1.29 is 17.2 Å². The van der Waals surface area contributed by atoms with Crippen molar-refractivity contribution in [1.82, 2.24) is 4.98 Å². The first kappa shape index (κ1) is 12.8. The summed E-state index contributed by atoms with van der Waals surface area (Å²) in [6.45, 7) is 0. The Balaban J connectivity index is 3.34. The molecule has 1 rings (SSSR count). The molecule has 0 saturated heterocycles. The minimum absolute atomic E-state index is 0.0852. The lowest BCUT2D eigenvalue weighted by Crippen LogP contribution is -2.02. The van der Waals surface area contributed by atoms with Crippen molar-refractivity contribution in [1.29, 1.82) is 0 Å². The van der Waals surface area contributed by atoms with Gasteiger partial charge in [0.1, 0.15) is 0 Å². The van der Waals surface area contributed by atoms with E-state index in [0.29, 0.717) is 0 Å². The van der Waals surface area contributed by atoms with E-state index in [-0.39, 0.29) is 16.5 Å². The molecule has 0 atom stereocenters. The number of aromatic nitrogens is 1. The van der Waals surface area contributed by atoms with Crippen LogP contribution in [0.3, 0.4) is 0 Å². The molecular weight excluding hydrogens is 316 g/mol. The van der Waals surface area contributed by atoms with Gasteiger partial charge in [0.05, 0.1) is 0 Å². The van der Waals surface area contributed by atoms with Crippen molar-refractivity contribution in [3.8, 4) is 0 Å². The maximum atomic E-state index is 12.3. The van der Waals surface area contributed by atoms with Crippen molar-refractivity contribution in [2.24, 2.45) is 0 Å². The van der Waals surface area contributed by atoms with Gasteiger partial charge in [0, 0.05) is 33.3 Å². The van der Waals surface area contributed by atoms with E-state index in [0.717, 1.165) is 12.3 Å². The van der Waals surface area contributed by atoms with Crippen molar-refractivity contribution in [2.75, 3.05) is 0 Å². The van der Waals surface area contributed by atoms with Gasteiger partial charge < -0.3 is 0 Å². The first-order valence-corrected chi connectivity index (χ1v) is 7.07. The lowest BCUT2D eigenvalue weighted by Gasteiger charge is -2.05. The second kappa shape index (κ2) is 4.71. The fourth-order valence-corrected chi connectivity index (χ4v) is 2.60. The lowest BCUT2D eigenvalue weighted by molar-refractivity contribution is 0.150. The number of alkyl halides is 3. The monoisotopic (exact) mass is 319 g/mol. The maximum absolute atomic E-state index is 12.3. The van der Waals surface area contributed by atoms with Gasteiger partial charge in [0.25, 0.3) is 15.5 Å². The van der Waals surface area contributed by atoms with Gasteiger partial charge in [0.2, 0.25) is 0 Å². The SMILES string of the molecule is O=S(=O)(Cl)c1ncc(C(F)F)cc1CBr. The molecule has 3 nitrogen and oxygen atoms in total. The molecule has 0 N–H and O–H groups in total. The minimum atomic E-state index is -4.00. The molecule has 0 bridgehead atoms. The van der Waals surface area contributed by atoms with Gasteiger partial charge in [-0.3, -0.25) is 0 Å². The summed E-state index contributed by atoms with van der Waals surface area (Å²) in [5.41, 5.74) is -0.226. The predicted molar refractivity (Wildman–Crippen MR) is 54.9 cm³/mol. The van der Waals surface area contributed by atoms with Crippen LogP contribution >= 0.6 is 26.6 Å². The molecule has 0 spiro atoms. The molecule has 0 aliphatic heterocycles. The molecule has 1 aromatic heterocycles. The average Bonchev–Trinajstić information content (AvgIpc) is 2.15. The molecule has 15 heavy (non-hydrogen) atoms. The first-order valence-electron chi connectivity index (χ1n) is 3.64. The Morgan fingerprint density at radius 3 is 2.53 bits per heavy atom. The van der Waals surface area contributed by atoms with E-state index in [1.807, 2.05) is 0 Å². The Morgan fingerprint density at radius 1 is 1.53 bits per heavy atom. The molecular formula is C7H5BrClF2NO2S. The third-order valence-corrected chi connectivity index (χ3v) is 3.45. The highest BCUT2D eigenvalue weighted by atomic mass is 79.9. The number of pyridine rings is 1. The Bertz CT molecular complexity index is 466. The van der Waals surface area contributed by atoms with E-state index < -0.39 is 20.5 Å². The molecule has 0 radical (unpaired) electrons. The van der Waals surface area contributed by atoms with E-state index in [2.05, 4.69) is 20.9 Å². The van der Waals surface area contributed by atoms with Crippen LogP contribution in [0, 0.1) is 0 Å². The van der Waals surface area contributed by atoms with Gasteiger partial charge in [-0.05, 0) is 6.07 Å². The number of nitrogens with zero attached hydrogens (tertiary/aromatic N) is 1. The standard InChI is InChI=1S/C7H5BrClF2NO2S/c8-2-4-1-5(6(10)11)3-12-7(4)15(9,13)14/h1,3,6H,2H2. The van der Waals surface area contributed by atoms with Gasteiger partial charge >= 0.3 is 0 Å².